The van der Waals surface area contributed by atoms with Gasteiger partial charge in [-0.25, -0.2) is 9.97 Å². The Morgan fingerprint density at radius 1 is 0.897 bits per heavy atom. The average Bonchev–Trinajstić information content (AvgIpc) is 3.02. The van der Waals surface area contributed by atoms with E-state index in [0.29, 0.717) is 5.39 Å². The SMILES string of the molecule is CC(c1nc2ccccc2c(=O)[nH]1)N1CCCN(c2nc3ccccc3[nH]2)CC1. The topological polar surface area (TPSA) is 80.9 Å². The minimum Gasteiger partial charge on any atom is -0.341 e. The number of anilines is 1. The van der Waals surface area contributed by atoms with Gasteiger partial charge < -0.3 is 14.9 Å². The first-order chi connectivity index (χ1) is 14.2. The Morgan fingerprint density at radius 3 is 2.55 bits per heavy atom. The van der Waals surface area contributed by atoms with Gasteiger partial charge in [0.1, 0.15) is 5.82 Å². The summed E-state index contributed by atoms with van der Waals surface area (Å²) in [5.74, 6) is 1.66. The molecule has 29 heavy (non-hydrogen) atoms. The lowest BCUT2D eigenvalue weighted by Gasteiger charge is -2.27. The van der Waals surface area contributed by atoms with Gasteiger partial charge in [-0.1, -0.05) is 24.3 Å². The molecule has 0 bridgehead atoms. The molecule has 1 saturated heterocycles. The summed E-state index contributed by atoms with van der Waals surface area (Å²) in [6.45, 7) is 5.78. The van der Waals surface area contributed by atoms with Gasteiger partial charge in [0, 0.05) is 26.2 Å². The third-order valence-corrected chi connectivity index (χ3v) is 5.78. The van der Waals surface area contributed by atoms with Crippen LogP contribution in [0.3, 0.4) is 0 Å². The maximum Gasteiger partial charge on any atom is 0.258 e. The highest BCUT2D eigenvalue weighted by Crippen LogP contribution is 2.22. The number of hydrogen-bond donors (Lipinski definition) is 2. The fourth-order valence-electron chi connectivity index (χ4n) is 4.10. The Bertz CT molecular complexity index is 1180. The zero-order valence-electron chi connectivity index (χ0n) is 16.4. The molecule has 0 aliphatic carbocycles. The van der Waals surface area contributed by atoms with E-state index in [1.54, 1.807) is 0 Å². The van der Waals surface area contributed by atoms with E-state index >= 15 is 0 Å². The number of rotatable bonds is 3. The highest BCUT2D eigenvalue weighted by molar-refractivity contribution is 5.78. The number of nitrogens with one attached hydrogen (secondary N) is 2. The van der Waals surface area contributed by atoms with E-state index in [-0.39, 0.29) is 11.6 Å². The summed E-state index contributed by atoms with van der Waals surface area (Å²) >= 11 is 0. The van der Waals surface area contributed by atoms with Crippen molar-refractivity contribution in [3.05, 3.63) is 64.7 Å². The lowest BCUT2D eigenvalue weighted by atomic mass is 10.2. The Kier molecular flexibility index (Phi) is 4.52. The Labute approximate surface area is 168 Å². The van der Waals surface area contributed by atoms with Gasteiger partial charge in [0.25, 0.3) is 5.56 Å². The molecule has 7 nitrogen and oxygen atoms in total. The molecule has 2 aromatic heterocycles. The largest absolute Gasteiger partial charge is 0.341 e. The predicted octanol–water partition coefficient (Wildman–Crippen LogP) is 3.07. The van der Waals surface area contributed by atoms with Crippen LogP contribution in [-0.2, 0) is 0 Å². The summed E-state index contributed by atoms with van der Waals surface area (Å²) in [5.41, 5.74) is 2.73. The molecule has 1 atom stereocenters. The lowest BCUT2D eigenvalue weighted by molar-refractivity contribution is 0.218. The predicted molar refractivity (Wildman–Crippen MR) is 115 cm³/mol. The number of aromatic nitrogens is 4. The minimum absolute atomic E-state index is 0.0444. The van der Waals surface area contributed by atoms with Crippen LogP contribution in [0.5, 0.6) is 0 Å². The van der Waals surface area contributed by atoms with Crippen LogP contribution in [0.25, 0.3) is 21.9 Å². The third kappa shape index (κ3) is 3.38. The van der Waals surface area contributed by atoms with Crippen LogP contribution in [0.2, 0.25) is 0 Å². The summed E-state index contributed by atoms with van der Waals surface area (Å²) in [4.78, 5) is 33.0. The van der Waals surface area contributed by atoms with Crippen molar-refractivity contribution >= 4 is 27.9 Å². The Hall–Kier alpha value is -3.19. The van der Waals surface area contributed by atoms with Crippen LogP contribution >= 0.6 is 0 Å². The van der Waals surface area contributed by atoms with Crippen molar-refractivity contribution in [3.63, 3.8) is 0 Å². The molecule has 5 rings (SSSR count). The molecule has 2 aromatic carbocycles. The minimum atomic E-state index is -0.0730. The van der Waals surface area contributed by atoms with Crippen molar-refractivity contribution in [2.75, 3.05) is 31.1 Å². The van der Waals surface area contributed by atoms with Crippen LogP contribution in [0.15, 0.2) is 53.3 Å². The first kappa shape index (κ1) is 17.9. The van der Waals surface area contributed by atoms with E-state index in [9.17, 15) is 4.79 Å². The van der Waals surface area contributed by atoms with Gasteiger partial charge in [-0.05, 0) is 37.6 Å². The number of fused-ring (bicyclic) bond motifs is 2. The third-order valence-electron chi connectivity index (χ3n) is 5.78. The molecular formula is C22H24N6O. The van der Waals surface area contributed by atoms with Gasteiger partial charge in [-0.3, -0.25) is 9.69 Å². The van der Waals surface area contributed by atoms with Crippen molar-refractivity contribution in [2.24, 2.45) is 0 Å². The quantitative estimate of drug-likeness (QED) is 0.564. The molecule has 4 aromatic rings. The number of aromatic amines is 2. The van der Waals surface area contributed by atoms with E-state index in [0.717, 1.165) is 60.9 Å². The van der Waals surface area contributed by atoms with E-state index in [2.05, 4.69) is 32.8 Å². The smallest absolute Gasteiger partial charge is 0.258 e. The maximum atomic E-state index is 12.4. The lowest BCUT2D eigenvalue weighted by Crippen LogP contribution is -2.34. The van der Waals surface area contributed by atoms with Gasteiger partial charge in [0.2, 0.25) is 5.95 Å². The molecule has 1 unspecified atom stereocenters. The maximum absolute atomic E-state index is 12.4. The highest BCUT2D eigenvalue weighted by Gasteiger charge is 2.23. The monoisotopic (exact) mass is 388 g/mol. The molecule has 2 N–H and O–H groups in total. The molecule has 1 fully saturated rings. The van der Waals surface area contributed by atoms with Crippen LogP contribution < -0.4 is 10.5 Å². The molecule has 0 spiro atoms. The summed E-state index contributed by atoms with van der Waals surface area (Å²) in [6.07, 6.45) is 1.03. The zero-order chi connectivity index (χ0) is 19.8. The normalized spacial score (nSPS) is 16.9. The zero-order valence-corrected chi connectivity index (χ0v) is 16.4. The number of nitrogens with zero attached hydrogens (tertiary/aromatic N) is 4. The van der Waals surface area contributed by atoms with Crippen LogP contribution in [0, 0.1) is 0 Å². The molecular weight excluding hydrogens is 364 g/mol. The fraction of sp³-hybridized carbons (Fsp3) is 0.318. The van der Waals surface area contributed by atoms with Crippen LogP contribution in [-0.4, -0.2) is 51.0 Å². The van der Waals surface area contributed by atoms with E-state index < -0.39 is 0 Å². The van der Waals surface area contributed by atoms with Crippen molar-refractivity contribution in [1.29, 1.82) is 0 Å². The number of benzene rings is 2. The second-order valence-electron chi connectivity index (χ2n) is 7.60. The summed E-state index contributed by atoms with van der Waals surface area (Å²) in [6, 6.07) is 15.7. The molecule has 7 heteroatoms. The number of imidazole rings is 1. The van der Waals surface area contributed by atoms with Gasteiger partial charge in [0.15, 0.2) is 0 Å². The van der Waals surface area contributed by atoms with Crippen molar-refractivity contribution in [3.8, 4) is 0 Å². The average molecular weight is 388 g/mol. The standard InChI is InChI=1S/C22H24N6O/c1-15(20-23-17-8-3-2-7-16(17)21(29)26-20)27-11-6-12-28(14-13-27)22-24-18-9-4-5-10-19(18)25-22/h2-5,7-10,15H,6,11-14H2,1H3,(H,24,25)(H,23,26,29). The molecule has 3 heterocycles. The van der Waals surface area contributed by atoms with E-state index in [4.69, 9.17) is 9.97 Å². The van der Waals surface area contributed by atoms with Gasteiger partial charge in [0.05, 0.1) is 28.0 Å². The Morgan fingerprint density at radius 2 is 1.69 bits per heavy atom. The van der Waals surface area contributed by atoms with Crippen molar-refractivity contribution in [1.82, 2.24) is 24.8 Å². The summed E-state index contributed by atoms with van der Waals surface area (Å²) in [7, 11) is 0. The Balaban J connectivity index is 1.35. The number of para-hydroxylation sites is 3. The number of hydrogen-bond acceptors (Lipinski definition) is 5. The summed E-state index contributed by atoms with van der Waals surface area (Å²) in [5, 5.41) is 0.635. The summed E-state index contributed by atoms with van der Waals surface area (Å²) < 4.78 is 0. The van der Waals surface area contributed by atoms with Gasteiger partial charge >= 0.3 is 0 Å². The first-order valence-electron chi connectivity index (χ1n) is 10.1. The highest BCUT2D eigenvalue weighted by atomic mass is 16.1. The van der Waals surface area contributed by atoms with Crippen LogP contribution in [0.1, 0.15) is 25.2 Å². The van der Waals surface area contributed by atoms with Gasteiger partial charge in [-0.2, -0.15) is 0 Å². The molecule has 1 aliphatic rings. The molecule has 0 radical (unpaired) electrons. The number of H-pyrrole nitrogens is 2. The first-order valence-corrected chi connectivity index (χ1v) is 10.1. The second kappa shape index (κ2) is 7.33. The van der Waals surface area contributed by atoms with Crippen molar-refractivity contribution in [2.45, 2.75) is 19.4 Å². The van der Waals surface area contributed by atoms with Gasteiger partial charge in [-0.15, -0.1) is 0 Å². The van der Waals surface area contributed by atoms with Crippen LogP contribution in [0.4, 0.5) is 5.95 Å². The molecule has 148 valence electrons. The molecule has 0 amide bonds. The second-order valence-corrected chi connectivity index (χ2v) is 7.60. The van der Waals surface area contributed by atoms with Crippen molar-refractivity contribution < 1.29 is 0 Å². The van der Waals surface area contributed by atoms with E-state index in [1.807, 2.05) is 42.5 Å². The van der Waals surface area contributed by atoms with E-state index in [1.165, 1.54) is 0 Å². The fourth-order valence-corrected chi connectivity index (χ4v) is 4.10. The molecule has 0 saturated carbocycles. The molecule has 1 aliphatic heterocycles.